The SMILES string of the molecule is C1CC2CNC2C1.CCc1[nH]c2cc(C)nc(C)c2c1C.Cc1cnc2ccoc2c1. The molecule has 1 aliphatic carbocycles. The smallest absolute Gasteiger partial charge is 0.152 e. The molecule has 5 heterocycles. The zero-order valence-electron chi connectivity index (χ0n) is 19.4. The number of nitrogens with one attached hydrogen (secondary N) is 2. The van der Waals surface area contributed by atoms with E-state index in [-0.39, 0.29) is 0 Å². The van der Waals surface area contributed by atoms with Crippen molar-refractivity contribution in [2.24, 2.45) is 5.92 Å². The Bertz CT molecular complexity index is 1160. The van der Waals surface area contributed by atoms with E-state index in [1.54, 1.807) is 6.26 Å². The number of furan rings is 1. The Morgan fingerprint density at radius 2 is 1.97 bits per heavy atom. The molecule has 1 aliphatic heterocycles. The van der Waals surface area contributed by atoms with Crippen molar-refractivity contribution in [1.29, 1.82) is 0 Å². The van der Waals surface area contributed by atoms with Crippen LogP contribution in [0.2, 0.25) is 0 Å². The summed E-state index contributed by atoms with van der Waals surface area (Å²) >= 11 is 0. The van der Waals surface area contributed by atoms with Gasteiger partial charge in [0, 0.05) is 46.3 Å². The van der Waals surface area contributed by atoms with Crippen molar-refractivity contribution >= 4 is 22.0 Å². The predicted octanol–water partition coefficient (Wildman–Crippen LogP) is 5.95. The molecule has 2 fully saturated rings. The molecule has 1 saturated carbocycles. The second kappa shape index (κ2) is 9.23. The minimum atomic E-state index is 0.861. The van der Waals surface area contributed by atoms with Crippen LogP contribution in [0.15, 0.2) is 35.1 Å². The predicted molar refractivity (Wildman–Crippen MR) is 128 cm³/mol. The van der Waals surface area contributed by atoms with Gasteiger partial charge >= 0.3 is 0 Å². The fourth-order valence-corrected chi connectivity index (χ4v) is 4.80. The molecule has 0 bridgehead atoms. The number of hydrogen-bond acceptors (Lipinski definition) is 4. The molecule has 2 atom stereocenters. The maximum Gasteiger partial charge on any atom is 0.152 e. The van der Waals surface area contributed by atoms with Gasteiger partial charge in [-0.3, -0.25) is 9.97 Å². The molecule has 4 aromatic heterocycles. The summed E-state index contributed by atoms with van der Waals surface area (Å²) in [6, 6.07) is 6.89. The van der Waals surface area contributed by atoms with Gasteiger partial charge in [0.1, 0.15) is 5.52 Å². The number of aromatic amines is 1. The molecular formula is C26H34N4O. The fraction of sp³-hybridized carbons (Fsp3) is 0.462. The number of nitrogens with zero attached hydrogens (tertiary/aromatic N) is 2. The monoisotopic (exact) mass is 418 g/mol. The van der Waals surface area contributed by atoms with E-state index in [2.05, 4.69) is 47.1 Å². The van der Waals surface area contributed by atoms with E-state index >= 15 is 0 Å². The third-order valence-corrected chi connectivity index (χ3v) is 6.54. The Hall–Kier alpha value is -2.66. The molecule has 2 unspecified atom stereocenters. The largest absolute Gasteiger partial charge is 0.463 e. The van der Waals surface area contributed by atoms with Crippen molar-refractivity contribution in [2.45, 2.75) is 66.3 Å². The lowest BCUT2D eigenvalue weighted by Gasteiger charge is -2.31. The molecule has 6 rings (SSSR count). The third-order valence-electron chi connectivity index (χ3n) is 6.54. The number of aromatic nitrogens is 3. The Morgan fingerprint density at radius 1 is 1.13 bits per heavy atom. The van der Waals surface area contributed by atoms with Crippen LogP contribution >= 0.6 is 0 Å². The van der Waals surface area contributed by atoms with E-state index in [9.17, 15) is 0 Å². The summed E-state index contributed by atoms with van der Waals surface area (Å²) in [5.41, 5.74) is 9.03. The van der Waals surface area contributed by atoms with E-state index < -0.39 is 0 Å². The minimum Gasteiger partial charge on any atom is -0.463 e. The van der Waals surface area contributed by atoms with Gasteiger partial charge in [-0.05, 0) is 82.7 Å². The fourth-order valence-electron chi connectivity index (χ4n) is 4.80. The standard InChI is InChI=1S/C12H16N2.C8H7NO.C6H11N/c1-5-10-8(3)12-9(4)13-7(2)6-11(12)14-10;1-6-4-8-7(9-5-6)2-3-10-8;1-2-5-4-7-6(5)3-1/h6,14H,5H2,1-4H3;2-5H,1H3;5-7H,1-4H2. The van der Waals surface area contributed by atoms with Gasteiger partial charge < -0.3 is 14.7 Å². The van der Waals surface area contributed by atoms with Gasteiger partial charge in [0.05, 0.1) is 6.26 Å². The van der Waals surface area contributed by atoms with Crippen molar-refractivity contribution in [3.63, 3.8) is 0 Å². The molecule has 2 aliphatic rings. The zero-order valence-corrected chi connectivity index (χ0v) is 19.4. The van der Waals surface area contributed by atoms with Gasteiger partial charge in [-0.25, -0.2) is 0 Å². The van der Waals surface area contributed by atoms with Crippen LogP contribution in [0.3, 0.4) is 0 Å². The van der Waals surface area contributed by atoms with Crippen LogP contribution < -0.4 is 5.32 Å². The first-order valence-electron chi connectivity index (χ1n) is 11.4. The van der Waals surface area contributed by atoms with E-state index in [0.717, 1.165) is 46.4 Å². The Balaban J connectivity index is 0.000000118. The maximum absolute atomic E-state index is 5.14. The van der Waals surface area contributed by atoms with Crippen molar-refractivity contribution in [3.05, 3.63) is 58.9 Å². The number of rotatable bonds is 1. The van der Waals surface area contributed by atoms with Gasteiger partial charge in [0.15, 0.2) is 5.58 Å². The highest BCUT2D eigenvalue weighted by Gasteiger charge is 2.33. The molecule has 5 nitrogen and oxygen atoms in total. The quantitative estimate of drug-likeness (QED) is 0.401. The number of fused-ring (bicyclic) bond motifs is 3. The molecule has 0 amide bonds. The molecule has 31 heavy (non-hydrogen) atoms. The molecule has 5 heteroatoms. The molecule has 2 N–H and O–H groups in total. The van der Waals surface area contributed by atoms with Gasteiger partial charge in [0.2, 0.25) is 0 Å². The lowest BCUT2D eigenvalue weighted by molar-refractivity contribution is 0.274. The normalized spacial score (nSPS) is 19.3. The van der Waals surface area contributed by atoms with Gasteiger partial charge in [0.25, 0.3) is 0 Å². The number of hydrogen-bond donors (Lipinski definition) is 2. The first-order chi connectivity index (χ1) is 15.0. The van der Waals surface area contributed by atoms with Crippen molar-refractivity contribution in [3.8, 4) is 0 Å². The molecule has 164 valence electrons. The topological polar surface area (TPSA) is 66.7 Å². The Labute approximate surface area is 184 Å². The first kappa shape index (κ1) is 21.6. The number of H-pyrrole nitrogens is 1. The van der Waals surface area contributed by atoms with E-state index in [1.165, 1.54) is 48.0 Å². The maximum atomic E-state index is 5.14. The third kappa shape index (κ3) is 4.67. The van der Waals surface area contributed by atoms with Crippen LogP contribution in [-0.2, 0) is 6.42 Å². The van der Waals surface area contributed by atoms with Gasteiger partial charge in [-0.1, -0.05) is 13.3 Å². The lowest BCUT2D eigenvalue weighted by Crippen LogP contribution is -2.49. The summed E-state index contributed by atoms with van der Waals surface area (Å²) in [4.78, 5) is 12.1. The second-order valence-corrected chi connectivity index (χ2v) is 8.88. The van der Waals surface area contributed by atoms with E-state index in [1.807, 2.05) is 32.2 Å². The van der Waals surface area contributed by atoms with Gasteiger partial charge in [-0.2, -0.15) is 0 Å². The van der Waals surface area contributed by atoms with Crippen molar-refractivity contribution in [1.82, 2.24) is 20.3 Å². The van der Waals surface area contributed by atoms with Crippen LogP contribution in [-0.4, -0.2) is 27.5 Å². The summed E-state index contributed by atoms with van der Waals surface area (Å²) in [7, 11) is 0. The summed E-state index contributed by atoms with van der Waals surface area (Å²) in [6.45, 7) is 11.8. The lowest BCUT2D eigenvalue weighted by atomic mass is 9.96. The molecule has 1 saturated heterocycles. The summed E-state index contributed by atoms with van der Waals surface area (Å²) in [5, 5.41) is 4.71. The molecule has 4 aromatic rings. The highest BCUT2D eigenvalue weighted by atomic mass is 16.3. The molecule has 0 radical (unpaired) electrons. The van der Waals surface area contributed by atoms with Crippen molar-refractivity contribution < 1.29 is 4.42 Å². The van der Waals surface area contributed by atoms with E-state index in [0.29, 0.717) is 0 Å². The average Bonchev–Trinajstić information content (AvgIpc) is 3.40. The van der Waals surface area contributed by atoms with Crippen LogP contribution in [0, 0.1) is 33.6 Å². The average molecular weight is 419 g/mol. The Morgan fingerprint density at radius 3 is 2.61 bits per heavy atom. The van der Waals surface area contributed by atoms with Crippen LogP contribution in [0.1, 0.15) is 54.4 Å². The first-order valence-corrected chi connectivity index (χ1v) is 11.4. The molecular weight excluding hydrogens is 384 g/mol. The highest BCUT2D eigenvalue weighted by Crippen LogP contribution is 2.30. The summed E-state index contributed by atoms with van der Waals surface area (Å²) in [5.74, 6) is 1.08. The minimum absolute atomic E-state index is 0.861. The molecule has 0 spiro atoms. The summed E-state index contributed by atoms with van der Waals surface area (Å²) in [6.07, 6.45) is 8.96. The van der Waals surface area contributed by atoms with Gasteiger partial charge in [-0.15, -0.1) is 0 Å². The van der Waals surface area contributed by atoms with Crippen LogP contribution in [0.25, 0.3) is 22.0 Å². The van der Waals surface area contributed by atoms with E-state index in [4.69, 9.17) is 4.42 Å². The molecule has 0 aromatic carbocycles. The van der Waals surface area contributed by atoms with Crippen molar-refractivity contribution in [2.75, 3.05) is 6.54 Å². The highest BCUT2D eigenvalue weighted by molar-refractivity contribution is 5.86. The Kier molecular flexibility index (Phi) is 6.42. The van der Waals surface area contributed by atoms with Crippen LogP contribution in [0.4, 0.5) is 0 Å². The number of pyridine rings is 2. The number of aryl methyl sites for hydroxylation is 5. The summed E-state index contributed by atoms with van der Waals surface area (Å²) < 4.78 is 5.14. The van der Waals surface area contributed by atoms with Crippen LogP contribution in [0.5, 0.6) is 0 Å². The zero-order chi connectivity index (χ0) is 22.0. The second-order valence-electron chi connectivity index (χ2n) is 8.88.